The molecular weight excluding hydrogens is 318 g/mol. The third-order valence-electron chi connectivity index (χ3n) is 4.37. The molecule has 0 bridgehead atoms. The summed E-state index contributed by atoms with van der Waals surface area (Å²) in [6.07, 6.45) is 2.51. The Morgan fingerprint density at radius 2 is 2.15 bits per heavy atom. The number of hydrogen-bond donors (Lipinski definition) is 1. The summed E-state index contributed by atoms with van der Waals surface area (Å²) >= 11 is 3.41. The van der Waals surface area contributed by atoms with E-state index in [1.54, 1.807) is 0 Å². The number of aromatic nitrogens is 4. The lowest BCUT2D eigenvalue weighted by Crippen LogP contribution is -2.19. The molecule has 2 aromatic rings. The van der Waals surface area contributed by atoms with Crippen LogP contribution in [-0.2, 0) is 6.54 Å². The molecule has 0 radical (unpaired) electrons. The summed E-state index contributed by atoms with van der Waals surface area (Å²) in [5, 5.41) is 12.1. The lowest BCUT2D eigenvalue weighted by atomic mass is 9.92. The Morgan fingerprint density at radius 3 is 2.75 bits per heavy atom. The zero-order valence-electron chi connectivity index (χ0n) is 11.7. The van der Waals surface area contributed by atoms with Gasteiger partial charge in [0.25, 0.3) is 0 Å². The summed E-state index contributed by atoms with van der Waals surface area (Å²) < 4.78 is 2.80. The number of tetrazole rings is 1. The maximum absolute atomic E-state index is 5.94. The molecule has 1 aromatic heterocycles. The predicted molar refractivity (Wildman–Crippen MR) is 81.9 cm³/mol. The first-order valence-corrected chi connectivity index (χ1v) is 7.63. The normalized spacial score (nSPS) is 16.6. The average molecular weight is 336 g/mol. The van der Waals surface area contributed by atoms with Crippen molar-refractivity contribution in [2.75, 3.05) is 5.73 Å². The molecule has 0 aliphatic heterocycles. The van der Waals surface area contributed by atoms with Gasteiger partial charge < -0.3 is 5.73 Å². The Hall–Kier alpha value is -1.43. The summed E-state index contributed by atoms with van der Waals surface area (Å²) in [5.74, 6) is 1.44. The van der Waals surface area contributed by atoms with Crippen LogP contribution in [0.2, 0.25) is 0 Å². The molecule has 1 aliphatic rings. The van der Waals surface area contributed by atoms with Gasteiger partial charge >= 0.3 is 0 Å². The third-order valence-corrected chi connectivity index (χ3v) is 5.09. The van der Waals surface area contributed by atoms with E-state index >= 15 is 0 Å². The molecule has 1 fully saturated rings. The molecule has 0 saturated heterocycles. The highest BCUT2D eigenvalue weighted by atomic mass is 79.9. The van der Waals surface area contributed by atoms with Crippen molar-refractivity contribution in [1.82, 2.24) is 20.2 Å². The minimum absolute atomic E-state index is 0.366. The number of nitrogens with zero attached hydrogens (tertiary/aromatic N) is 4. The van der Waals surface area contributed by atoms with Crippen LogP contribution in [-0.4, -0.2) is 20.2 Å². The highest BCUT2D eigenvalue weighted by Gasteiger charge is 2.46. The summed E-state index contributed by atoms with van der Waals surface area (Å²) in [6, 6.07) is 5.82. The smallest absolute Gasteiger partial charge is 0.182 e. The largest absolute Gasteiger partial charge is 0.398 e. The number of halogens is 1. The highest BCUT2D eigenvalue weighted by Crippen LogP contribution is 2.53. The van der Waals surface area contributed by atoms with Crippen molar-refractivity contribution in [3.05, 3.63) is 22.7 Å². The standard InChI is InChI=1S/C14H18BrN5/c1-9(2)14(5-6-14)8-20-13(17-18-19-20)10-3-4-11(15)12(16)7-10/h3-4,7,9H,5-6,8,16H2,1-2H3. The molecule has 1 saturated carbocycles. The number of anilines is 1. The van der Waals surface area contributed by atoms with Crippen LogP contribution in [0.4, 0.5) is 5.69 Å². The van der Waals surface area contributed by atoms with E-state index in [2.05, 4.69) is 45.3 Å². The highest BCUT2D eigenvalue weighted by molar-refractivity contribution is 9.10. The molecule has 1 aromatic carbocycles. The van der Waals surface area contributed by atoms with E-state index in [4.69, 9.17) is 5.73 Å². The SMILES string of the molecule is CC(C)C1(Cn2nnnc2-c2ccc(Br)c(N)c2)CC1. The summed E-state index contributed by atoms with van der Waals surface area (Å²) in [4.78, 5) is 0. The summed E-state index contributed by atoms with van der Waals surface area (Å²) in [7, 11) is 0. The molecule has 5 nitrogen and oxygen atoms in total. The van der Waals surface area contributed by atoms with Crippen LogP contribution in [0.5, 0.6) is 0 Å². The van der Waals surface area contributed by atoms with Gasteiger partial charge in [0.2, 0.25) is 0 Å². The first-order valence-electron chi connectivity index (χ1n) is 6.83. The van der Waals surface area contributed by atoms with Gasteiger partial charge in [-0.15, -0.1) is 5.10 Å². The van der Waals surface area contributed by atoms with Crippen molar-refractivity contribution in [2.24, 2.45) is 11.3 Å². The molecule has 0 spiro atoms. The Kier molecular flexibility index (Phi) is 3.28. The van der Waals surface area contributed by atoms with Crippen LogP contribution >= 0.6 is 15.9 Å². The first kappa shape index (κ1) is 13.5. The molecular formula is C14H18BrN5. The van der Waals surface area contributed by atoms with Gasteiger partial charge in [0.15, 0.2) is 5.82 Å². The Balaban J connectivity index is 1.92. The van der Waals surface area contributed by atoms with E-state index < -0.39 is 0 Å². The van der Waals surface area contributed by atoms with Gasteiger partial charge in [-0.3, -0.25) is 0 Å². The van der Waals surface area contributed by atoms with Crippen molar-refractivity contribution in [3.8, 4) is 11.4 Å². The molecule has 106 valence electrons. The van der Waals surface area contributed by atoms with Crippen LogP contribution in [0.3, 0.4) is 0 Å². The molecule has 0 amide bonds. The molecule has 0 unspecified atom stereocenters. The quantitative estimate of drug-likeness (QED) is 0.871. The number of benzene rings is 1. The Morgan fingerprint density at radius 1 is 1.40 bits per heavy atom. The molecule has 2 N–H and O–H groups in total. The Bertz CT molecular complexity index is 630. The fourth-order valence-electron chi connectivity index (χ4n) is 2.58. The number of nitrogens with two attached hydrogens (primary N) is 1. The average Bonchev–Trinajstić information content (AvgIpc) is 3.05. The molecule has 1 aliphatic carbocycles. The molecule has 1 heterocycles. The molecule has 3 rings (SSSR count). The van der Waals surface area contributed by atoms with Crippen LogP contribution < -0.4 is 5.73 Å². The van der Waals surface area contributed by atoms with Crippen molar-refractivity contribution < 1.29 is 0 Å². The monoisotopic (exact) mass is 335 g/mol. The van der Waals surface area contributed by atoms with Crippen LogP contribution in [0.15, 0.2) is 22.7 Å². The van der Waals surface area contributed by atoms with Crippen molar-refractivity contribution in [2.45, 2.75) is 33.2 Å². The van der Waals surface area contributed by atoms with E-state index in [1.165, 1.54) is 12.8 Å². The van der Waals surface area contributed by atoms with E-state index in [0.717, 1.165) is 22.4 Å². The van der Waals surface area contributed by atoms with E-state index in [0.29, 0.717) is 17.0 Å². The van der Waals surface area contributed by atoms with Crippen LogP contribution in [0.25, 0.3) is 11.4 Å². The van der Waals surface area contributed by atoms with Gasteiger partial charge in [-0.2, -0.15) is 0 Å². The topological polar surface area (TPSA) is 69.6 Å². The maximum Gasteiger partial charge on any atom is 0.182 e. The predicted octanol–water partition coefficient (Wildman–Crippen LogP) is 3.12. The number of nitrogen functional groups attached to an aromatic ring is 1. The second-order valence-corrected chi connectivity index (χ2v) is 6.77. The second kappa shape index (κ2) is 4.84. The Labute approximate surface area is 126 Å². The minimum Gasteiger partial charge on any atom is -0.398 e. The molecule has 6 heteroatoms. The fourth-order valence-corrected chi connectivity index (χ4v) is 2.82. The van der Waals surface area contributed by atoms with Crippen molar-refractivity contribution >= 4 is 21.6 Å². The van der Waals surface area contributed by atoms with Gasteiger partial charge in [-0.25, -0.2) is 4.68 Å². The van der Waals surface area contributed by atoms with E-state index in [9.17, 15) is 0 Å². The van der Waals surface area contributed by atoms with Gasteiger partial charge in [0, 0.05) is 15.7 Å². The summed E-state index contributed by atoms with van der Waals surface area (Å²) in [5.41, 5.74) is 7.96. The van der Waals surface area contributed by atoms with Crippen molar-refractivity contribution in [3.63, 3.8) is 0 Å². The van der Waals surface area contributed by atoms with Gasteiger partial charge in [-0.05, 0) is 68.7 Å². The lowest BCUT2D eigenvalue weighted by Gasteiger charge is -2.19. The van der Waals surface area contributed by atoms with Crippen LogP contribution in [0.1, 0.15) is 26.7 Å². The molecule has 0 atom stereocenters. The van der Waals surface area contributed by atoms with Crippen LogP contribution in [0, 0.1) is 11.3 Å². The first-order chi connectivity index (χ1) is 9.52. The third kappa shape index (κ3) is 2.32. The zero-order chi connectivity index (χ0) is 14.3. The van der Waals surface area contributed by atoms with Gasteiger partial charge in [-0.1, -0.05) is 13.8 Å². The van der Waals surface area contributed by atoms with Gasteiger partial charge in [0.05, 0.1) is 6.54 Å². The maximum atomic E-state index is 5.94. The summed E-state index contributed by atoms with van der Waals surface area (Å²) in [6.45, 7) is 5.42. The number of rotatable bonds is 4. The fraction of sp³-hybridized carbons (Fsp3) is 0.500. The minimum atomic E-state index is 0.366. The lowest BCUT2D eigenvalue weighted by molar-refractivity contribution is 0.294. The van der Waals surface area contributed by atoms with E-state index in [-0.39, 0.29) is 0 Å². The zero-order valence-corrected chi connectivity index (χ0v) is 13.3. The van der Waals surface area contributed by atoms with Gasteiger partial charge in [0.1, 0.15) is 0 Å². The molecule has 20 heavy (non-hydrogen) atoms. The van der Waals surface area contributed by atoms with E-state index in [1.807, 2.05) is 22.9 Å². The number of hydrogen-bond acceptors (Lipinski definition) is 4. The van der Waals surface area contributed by atoms with Crippen molar-refractivity contribution in [1.29, 1.82) is 0 Å². The second-order valence-electron chi connectivity index (χ2n) is 5.91.